The van der Waals surface area contributed by atoms with Crippen molar-refractivity contribution in [2.24, 2.45) is 0 Å². The fourth-order valence-corrected chi connectivity index (χ4v) is 3.21. The smallest absolute Gasteiger partial charge is 0.0342 e. The molecule has 0 unspecified atom stereocenters. The molecule has 1 fully saturated rings. The minimum atomic E-state index is 0.601. The Kier molecular flexibility index (Phi) is 4.34. The average molecular weight is 344 g/mol. The van der Waals surface area contributed by atoms with E-state index in [1.165, 1.54) is 29.7 Å². The second kappa shape index (κ2) is 6.23. The fraction of sp³-hybridized carbons (Fsp3) is 0.368. The lowest BCUT2D eigenvalue weighted by atomic mass is 9.76. The van der Waals surface area contributed by atoms with Crippen molar-refractivity contribution in [3.05, 3.63) is 64.1 Å². The first-order chi connectivity index (χ1) is 10.1. The summed E-state index contributed by atoms with van der Waals surface area (Å²) in [6, 6.07) is 18.3. The predicted molar refractivity (Wildman–Crippen MR) is 94.1 cm³/mol. The molecule has 1 saturated carbocycles. The molecule has 0 heterocycles. The van der Waals surface area contributed by atoms with Gasteiger partial charge in [0.05, 0.1) is 0 Å². The van der Waals surface area contributed by atoms with Crippen LogP contribution in [0, 0.1) is 0 Å². The molecule has 110 valence electrons. The maximum atomic E-state index is 3.65. The molecule has 1 aliphatic carbocycles. The zero-order chi connectivity index (χ0) is 14.8. The predicted octanol–water partition coefficient (Wildman–Crippen LogP) is 5.93. The van der Waals surface area contributed by atoms with Crippen LogP contribution in [0.4, 0.5) is 5.69 Å². The summed E-state index contributed by atoms with van der Waals surface area (Å²) in [5, 5.41) is 3.65. The Morgan fingerprint density at radius 3 is 2.14 bits per heavy atom. The molecule has 0 amide bonds. The molecule has 21 heavy (non-hydrogen) atoms. The van der Waals surface area contributed by atoms with Gasteiger partial charge in [-0.15, -0.1) is 0 Å². The maximum absolute atomic E-state index is 3.65. The molecule has 0 bridgehead atoms. The van der Waals surface area contributed by atoms with Crippen molar-refractivity contribution in [2.45, 2.75) is 44.6 Å². The quantitative estimate of drug-likeness (QED) is 0.725. The van der Waals surface area contributed by atoms with Gasteiger partial charge in [-0.3, -0.25) is 0 Å². The van der Waals surface area contributed by atoms with E-state index < -0.39 is 0 Å². The van der Waals surface area contributed by atoms with Gasteiger partial charge in [-0.1, -0.05) is 54.0 Å². The van der Waals surface area contributed by atoms with Crippen LogP contribution in [-0.4, -0.2) is 6.04 Å². The molecule has 0 aromatic heterocycles. The van der Waals surface area contributed by atoms with Crippen LogP contribution in [0.25, 0.3) is 0 Å². The number of hydrogen-bond donors (Lipinski definition) is 1. The Morgan fingerprint density at radius 2 is 1.57 bits per heavy atom. The van der Waals surface area contributed by atoms with Gasteiger partial charge >= 0.3 is 0 Å². The van der Waals surface area contributed by atoms with Gasteiger partial charge in [-0.25, -0.2) is 0 Å². The highest BCUT2D eigenvalue weighted by Gasteiger charge is 2.30. The monoisotopic (exact) mass is 343 g/mol. The Morgan fingerprint density at radius 1 is 0.952 bits per heavy atom. The lowest BCUT2D eigenvalue weighted by Gasteiger charge is -2.37. The summed E-state index contributed by atoms with van der Waals surface area (Å²) in [6.45, 7) is 4.47. The van der Waals surface area contributed by atoms with Crippen LogP contribution in [0.5, 0.6) is 0 Å². The second-order valence-electron chi connectivity index (χ2n) is 6.34. The van der Waals surface area contributed by atoms with Crippen LogP contribution < -0.4 is 5.32 Å². The van der Waals surface area contributed by atoms with E-state index in [2.05, 4.69) is 83.6 Å². The highest BCUT2D eigenvalue weighted by atomic mass is 79.9. The lowest BCUT2D eigenvalue weighted by Crippen LogP contribution is -2.33. The highest BCUT2D eigenvalue weighted by Crippen LogP contribution is 2.38. The van der Waals surface area contributed by atoms with Crippen molar-refractivity contribution in [1.82, 2.24) is 0 Å². The first kappa shape index (κ1) is 14.6. The van der Waals surface area contributed by atoms with Crippen LogP contribution in [-0.2, 0) is 0 Å². The fourth-order valence-electron chi connectivity index (χ4n) is 2.94. The number of anilines is 1. The van der Waals surface area contributed by atoms with E-state index in [1.54, 1.807) is 0 Å². The Labute approximate surface area is 135 Å². The van der Waals surface area contributed by atoms with Crippen LogP contribution in [0.15, 0.2) is 53.0 Å². The standard InChI is InChI=1S/C19H22BrN/c1-13(2)14-5-9-18(10-6-14)21-19-11-16(12-19)15-3-7-17(20)8-4-15/h3-10,13,16,19,21H,11-12H2,1-2H3. The molecule has 1 N–H and O–H groups in total. The van der Waals surface area contributed by atoms with E-state index in [9.17, 15) is 0 Å². The van der Waals surface area contributed by atoms with Crippen LogP contribution in [0.3, 0.4) is 0 Å². The van der Waals surface area contributed by atoms with Gasteiger partial charge in [0.1, 0.15) is 0 Å². The molecular weight excluding hydrogens is 322 g/mol. The molecule has 0 radical (unpaired) electrons. The first-order valence-corrected chi connectivity index (χ1v) is 8.53. The first-order valence-electron chi connectivity index (χ1n) is 7.74. The molecule has 0 atom stereocenters. The number of halogens is 1. The number of benzene rings is 2. The SMILES string of the molecule is CC(C)c1ccc(NC2CC(c3ccc(Br)cc3)C2)cc1. The third kappa shape index (κ3) is 3.49. The average Bonchev–Trinajstić information content (AvgIpc) is 2.44. The minimum absolute atomic E-state index is 0.601. The van der Waals surface area contributed by atoms with Crippen LogP contribution >= 0.6 is 15.9 Å². The Bertz CT molecular complexity index is 580. The van der Waals surface area contributed by atoms with Crippen molar-refractivity contribution in [2.75, 3.05) is 5.32 Å². The molecule has 2 heteroatoms. The summed E-state index contributed by atoms with van der Waals surface area (Å²) in [7, 11) is 0. The summed E-state index contributed by atoms with van der Waals surface area (Å²) in [6.07, 6.45) is 2.46. The van der Waals surface area contributed by atoms with Crippen LogP contribution in [0.2, 0.25) is 0 Å². The van der Waals surface area contributed by atoms with E-state index in [4.69, 9.17) is 0 Å². The largest absolute Gasteiger partial charge is 0.382 e. The van der Waals surface area contributed by atoms with Gasteiger partial charge in [-0.05, 0) is 60.1 Å². The minimum Gasteiger partial charge on any atom is -0.382 e. The van der Waals surface area contributed by atoms with Gasteiger partial charge in [0.25, 0.3) is 0 Å². The van der Waals surface area contributed by atoms with Crippen molar-refractivity contribution in [3.63, 3.8) is 0 Å². The summed E-state index contributed by atoms with van der Waals surface area (Å²) in [4.78, 5) is 0. The van der Waals surface area contributed by atoms with Crippen molar-refractivity contribution < 1.29 is 0 Å². The topological polar surface area (TPSA) is 12.0 Å². The second-order valence-corrected chi connectivity index (χ2v) is 7.25. The summed E-state index contributed by atoms with van der Waals surface area (Å²) in [5.74, 6) is 1.31. The Balaban J connectivity index is 1.53. The van der Waals surface area contributed by atoms with E-state index in [0.717, 1.165) is 4.47 Å². The van der Waals surface area contributed by atoms with Crippen LogP contribution in [0.1, 0.15) is 49.7 Å². The number of rotatable bonds is 4. The normalized spacial score (nSPS) is 21.1. The van der Waals surface area contributed by atoms with Crippen molar-refractivity contribution in [3.8, 4) is 0 Å². The van der Waals surface area contributed by atoms with Gasteiger partial charge < -0.3 is 5.32 Å². The highest BCUT2D eigenvalue weighted by molar-refractivity contribution is 9.10. The number of nitrogens with one attached hydrogen (secondary N) is 1. The molecule has 1 aliphatic rings. The zero-order valence-corrected chi connectivity index (χ0v) is 14.2. The van der Waals surface area contributed by atoms with Gasteiger partial charge in [0, 0.05) is 16.2 Å². The van der Waals surface area contributed by atoms with Gasteiger partial charge in [0.15, 0.2) is 0 Å². The molecule has 1 nitrogen and oxygen atoms in total. The molecule has 0 aliphatic heterocycles. The van der Waals surface area contributed by atoms with E-state index in [1.807, 2.05) is 0 Å². The third-order valence-corrected chi connectivity index (χ3v) is 4.96. The Hall–Kier alpha value is -1.28. The molecule has 3 rings (SSSR count). The zero-order valence-electron chi connectivity index (χ0n) is 12.6. The van der Waals surface area contributed by atoms with E-state index in [0.29, 0.717) is 17.9 Å². The lowest BCUT2D eigenvalue weighted by molar-refractivity contribution is 0.374. The summed E-state index contributed by atoms with van der Waals surface area (Å²) < 4.78 is 1.16. The number of hydrogen-bond acceptors (Lipinski definition) is 1. The molecule has 0 saturated heterocycles. The van der Waals surface area contributed by atoms with Crippen molar-refractivity contribution in [1.29, 1.82) is 0 Å². The molecule has 2 aromatic carbocycles. The van der Waals surface area contributed by atoms with Gasteiger partial charge in [0.2, 0.25) is 0 Å². The van der Waals surface area contributed by atoms with E-state index in [-0.39, 0.29) is 0 Å². The molecule has 0 spiro atoms. The van der Waals surface area contributed by atoms with Crippen molar-refractivity contribution >= 4 is 21.6 Å². The van der Waals surface area contributed by atoms with E-state index >= 15 is 0 Å². The maximum Gasteiger partial charge on any atom is 0.0342 e. The molecular formula is C19H22BrN. The molecule has 2 aromatic rings. The summed E-state index contributed by atoms with van der Waals surface area (Å²) >= 11 is 3.49. The third-order valence-electron chi connectivity index (χ3n) is 4.43. The summed E-state index contributed by atoms with van der Waals surface area (Å²) in [5.41, 5.74) is 4.12. The van der Waals surface area contributed by atoms with Gasteiger partial charge in [-0.2, -0.15) is 0 Å².